The molecule has 53 heavy (non-hydrogen) atoms. The highest BCUT2D eigenvalue weighted by Gasteiger charge is 2.40. The molecule has 2 heterocycles. The van der Waals surface area contributed by atoms with E-state index < -0.39 is 7.14 Å². The van der Waals surface area contributed by atoms with E-state index in [1.807, 2.05) is 42.5 Å². The first-order valence-electron chi connectivity index (χ1n) is 18.3. The molecule has 1 atom stereocenters. The highest BCUT2D eigenvalue weighted by atomic mass is 31.2. The number of hydrogen-bond donors (Lipinski definition) is 0. The summed E-state index contributed by atoms with van der Waals surface area (Å²) >= 11 is 0. The van der Waals surface area contributed by atoms with Gasteiger partial charge in [0.1, 0.15) is 5.82 Å². The van der Waals surface area contributed by atoms with Crippen LogP contribution >= 0.6 is 7.14 Å². The Bertz CT molecular complexity index is 3140. The van der Waals surface area contributed by atoms with Gasteiger partial charge in [0, 0.05) is 22.3 Å². The SMILES string of the molecule is CCc1nc2cccc3c2n1-c1ccc(-c2c4ccccc4c(-c4ccc5c(ccc6ccccc65)c4)c4ccccc24)cc1P3(=O)c1ccccc1. The smallest absolute Gasteiger partial charge is 0.175 e. The van der Waals surface area contributed by atoms with Crippen molar-refractivity contribution in [1.82, 2.24) is 9.55 Å². The number of aryl methyl sites for hydroxylation is 1. The molecule has 0 bridgehead atoms. The topological polar surface area (TPSA) is 34.9 Å². The maximum Gasteiger partial charge on any atom is 0.175 e. The predicted molar refractivity (Wildman–Crippen MR) is 224 cm³/mol. The van der Waals surface area contributed by atoms with E-state index in [1.165, 1.54) is 54.2 Å². The zero-order chi connectivity index (χ0) is 35.3. The van der Waals surface area contributed by atoms with Gasteiger partial charge in [-0.2, -0.15) is 0 Å². The molecule has 250 valence electrons. The summed E-state index contributed by atoms with van der Waals surface area (Å²) in [5, 5.41) is 12.3. The van der Waals surface area contributed by atoms with Crippen LogP contribution in [0.25, 0.3) is 82.1 Å². The third kappa shape index (κ3) is 4.23. The molecule has 11 rings (SSSR count). The zero-order valence-electron chi connectivity index (χ0n) is 29.1. The molecule has 1 aliphatic heterocycles. The first-order valence-corrected chi connectivity index (χ1v) is 20.0. The average molecular weight is 697 g/mol. The first kappa shape index (κ1) is 30.4. The van der Waals surface area contributed by atoms with Gasteiger partial charge in [-0.25, -0.2) is 4.98 Å². The van der Waals surface area contributed by atoms with Crippen LogP contribution in [0.4, 0.5) is 0 Å². The number of benzene rings is 9. The Hall–Kier alpha value is -6.28. The van der Waals surface area contributed by atoms with E-state index in [2.05, 4.69) is 139 Å². The van der Waals surface area contributed by atoms with Crippen LogP contribution in [0, 0.1) is 0 Å². The molecule has 0 spiro atoms. The predicted octanol–water partition coefficient (Wildman–Crippen LogP) is 11.5. The van der Waals surface area contributed by atoms with Crippen molar-refractivity contribution in [1.29, 1.82) is 0 Å². The van der Waals surface area contributed by atoms with E-state index in [0.717, 1.165) is 56.0 Å². The van der Waals surface area contributed by atoms with E-state index >= 15 is 4.57 Å². The van der Waals surface area contributed by atoms with Crippen molar-refractivity contribution < 1.29 is 4.57 Å². The number of rotatable bonds is 4. The second-order valence-corrected chi connectivity index (χ2v) is 16.8. The molecule has 1 aromatic heterocycles. The van der Waals surface area contributed by atoms with E-state index in [9.17, 15) is 0 Å². The molecule has 0 amide bonds. The van der Waals surface area contributed by atoms with Crippen LogP contribution in [0.2, 0.25) is 0 Å². The highest BCUT2D eigenvalue weighted by molar-refractivity contribution is 7.86. The summed E-state index contributed by atoms with van der Waals surface area (Å²) in [6.45, 7) is 2.14. The number of imidazole rings is 1. The number of hydrogen-bond acceptors (Lipinski definition) is 2. The number of nitrogens with zero attached hydrogens (tertiary/aromatic N) is 2. The van der Waals surface area contributed by atoms with Crippen LogP contribution < -0.4 is 15.9 Å². The molecular formula is C49H33N2OP. The zero-order valence-corrected chi connectivity index (χ0v) is 30.0. The van der Waals surface area contributed by atoms with Crippen molar-refractivity contribution in [3.63, 3.8) is 0 Å². The molecule has 4 heteroatoms. The third-order valence-corrected chi connectivity index (χ3v) is 14.4. The Morgan fingerprint density at radius 1 is 0.509 bits per heavy atom. The quantitative estimate of drug-likeness (QED) is 0.104. The number of fused-ring (bicyclic) bond motifs is 7. The lowest BCUT2D eigenvalue weighted by atomic mass is 9.85. The Balaban J connectivity index is 1.20. The second kappa shape index (κ2) is 11.4. The van der Waals surface area contributed by atoms with Crippen LogP contribution in [0.1, 0.15) is 12.7 Å². The minimum absolute atomic E-state index is 0.771. The fraction of sp³-hybridized carbons (Fsp3) is 0.0408. The molecule has 0 saturated heterocycles. The Morgan fingerprint density at radius 3 is 1.79 bits per heavy atom. The number of para-hydroxylation sites is 1. The monoisotopic (exact) mass is 696 g/mol. The fourth-order valence-electron chi connectivity index (χ4n) is 8.99. The standard InChI is InChI=1S/C49H33N2OP/c1-2-46-50-42-21-12-22-44-49(42)51(46)43-28-26-34(30-45(43)53(44,52)35-14-4-3-5-15-35)48-40-19-10-8-17-38(40)47(39-18-9-11-20-41(39)48)33-25-27-37-32(29-33)24-23-31-13-6-7-16-36(31)37/h3-30H,2H2,1H3. The van der Waals surface area contributed by atoms with Crippen molar-refractivity contribution in [2.45, 2.75) is 13.3 Å². The molecule has 0 aliphatic carbocycles. The van der Waals surface area contributed by atoms with Crippen molar-refractivity contribution >= 4 is 77.2 Å². The van der Waals surface area contributed by atoms with Crippen LogP contribution in [-0.2, 0) is 11.0 Å². The van der Waals surface area contributed by atoms with Crippen LogP contribution in [0.15, 0.2) is 170 Å². The Labute approximate surface area is 307 Å². The molecule has 9 aromatic carbocycles. The van der Waals surface area contributed by atoms with Gasteiger partial charge < -0.3 is 4.57 Å². The molecule has 1 aliphatic rings. The van der Waals surface area contributed by atoms with Crippen molar-refractivity contribution in [3.8, 4) is 27.9 Å². The highest BCUT2D eigenvalue weighted by Crippen LogP contribution is 2.51. The summed E-state index contributed by atoms with van der Waals surface area (Å²) in [5.74, 6) is 0.976. The fourth-order valence-corrected chi connectivity index (χ4v) is 12.0. The van der Waals surface area contributed by atoms with E-state index in [-0.39, 0.29) is 0 Å². The van der Waals surface area contributed by atoms with Gasteiger partial charge >= 0.3 is 0 Å². The molecule has 1 unspecified atom stereocenters. The maximum absolute atomic E-state index is 16.1. The van der Waals surface area contributed by atoms with E-state index in [0.29, 0.717) is 0 Å². The summed E-state index contributed by atoms with van der Waals surface area (Å²) in [7, 11) is -3.29. The molecular weight excluding hydrogens is 664 g/mol. The summed E-state index contributed by atoms with van der Waals surface area (Å²) < 4.78 is 18.3. The van der Waals surface area contributed by atoms with Gasteiger partial charge in [-0.1, -0.05) is 146 Å². The molecule has 0 saturated carbocycles. The normalized spacial score (nSPS) is 15.1. The van der Waals surface area contributed by atoms with E-state index in [1.54, 1.807) is 0 Å². The van der Waals surface area contributed by atoms with Gasteiger partial charge in [0.05, 0.1) is 16.7 Å². The minimum atomic E-state index is -3.29. The lowest BCUT2D eigenvalue weighted by Gasteiger charge is -2.30. The van der Waals surface area contributed by atoms with E-state index in [4.69, 9.17) is 4.98 Å². The Morgan fingerprint density at radius 2 is 1.09 bits per heavy atom. The molecule has 3 nitrogen and oxygen atoms in total. The van der Waals surface area contributed by atoms with Crippen LogP contribution in [0.3, 0.4) is 0 Å². The maximum atomic E-state index is 16.1. The largest absolute Gasteiger partial charge is 0.308 e. The first-order chi connectivity index (χ1) is 26.1. The van der Waals surface area contributed by atoms with Gasteiger partial charge in [0.25, 0.3) is 0 Å². The summed E-state index contributed by atoms with van der Waals surface area (Å²) in [4.78, 5) is 5.04. The molecule has 10 aromatic rings. The lowest BCUT2D eigenvalue weighted by Crippen LogP contribution is -2.33. The molecule has 0 fully saturated rings. The van der Waals surface area contributed by atoms with Crippen LogP contribution in [-0.4, -0.2) is 9.55 Å². The third-order valence-electron chi connectivity index (χ3n) is 11.3. The van der Waals surface area contributed by atoms with Gasteiger partial charge in [-0.15, -0.1) is 0 Å². The average Bonchev–Trinajstić information content (AvgIpc) is 3.61. The Kier molecular flexibility index (Phi) is 6.51. The molecule has 0 radical (unpaired) electrons. The summed E-state index contributed by atoms with van der Waals surface area (Å²) in [6, 6.07) is 60.3. The van der Waals surface area contributed by atoms with Gasteiger partial charge in [-0.05, 0) is 95.7 Å². The van der Waals surface area contributed by atoms with Crippen LogP contribution in [0.5, 0.6) is 0 Å². The van der Waals surface area contributed by atoms with Gasteiger partial charge in [0.2, 0.25) is 0 Å². The second-order valence-electron chi connectivity index (χ2n) is 14.1. The summed E-state index contributed by atoms with van der Waals surface area (Å²) in [6.07, 6.45) is 0.771. The number of aromatic nitrogens is 2. The lowest BCUT2D eigenvalue weighted by molar-refractivity contribution is 0.592. The summed E-state index contributed by atoms with van der Waals surface area (Å²) in [5.41, 5.74) is 7.42. The van der Waals surface area contributed by atoms with Crippen molar-refractivity contribution in [3.05, 3.63) is 176 Å². The molecule has 0 N–H and O–H groups in total. The minimum Gasteiger partial charge on any atom is -0.308 e. The van der Waals surface area contributed by atoms with Gasteiger partial charge in [-0.3, -0.25) is 4.57 Å². The van der Waals surface area contributed by atoms with Gasteiger partial charge in [0.15, 0.2) is 7.14 Å². The van der Waals surface area contributed by atoms with Crippen molar-refractivity contribution in [2.24, 2.45) is 0 Å². The van der Waals surface area contributed by atoms with Crippen molar-refractivity contribution in [2.75, 3.05) is 0 Å².